The SMILES string of the molecule is CN1CC2(CCN(Cc3ccccc3)CC2)Oc2ncccc2S1(=O)=O. The zero-order valence-electron chi connectivity index (χ0n) is 14.8. The molecule has 1 fully saturated rings. The Morgan fingerprint density at radius 1 is 1.12 bits per heavy atom. The van der Waals surface area contributed by atoms with Gasteiger partial charge >= 0.3 is 0 Å². The molecule has 7 heteroatoms. The van der Waals surface area contributed by atoms with Gasteiger partial charge in [-0.1, -0.05) is 30.3 Å². The van der Waals surface area contributed by atoms with E-state index in [1.165, 1.54) is 9.87 Å². The molecule has 1 spiro atoms. The molecule has 138 valence electrons. The molecule has 0 bridgehead atoms. The first-order valence-corrected chi connectivity index (χ1v) is 10.3. The molecule has 0 amide bonds. The van der Waals surface area contributed by atoms with Gasteiger partial charge in [-0.15, -0.1) is 0 Å². The summed E-state index contributed by atoms with van der Waals surface area (Å²) >= 11 is 0. The van der Waals surface area contributed by atoms with Gasteiger partial charge in [-0.2, -0.15) is 4.31 Å². The average molecular weight is 373 g/mol. The van der Waals surface area contributed by atoms with E-state index in [0.29, 0.717) is 6.54 Å². The van der Waals surface area contributed by atoms with Gasteiger partial charge in [-0.3, -0.25) is 4.90 Å². The maximum absolute atomic E-state index is 12.8. The van der Waals surface area contributed by atoms with E-state index >= 15 is 0 Å². The van der Waals surface area contributed by atoms with Gasteiger partial charge in [-0.25, -0.2) is 13.4 Å². The molecule has 2 aromatic rings. The number of piperidine rings is 1. The predicted octanol–water partition coefficient (Wildman–Crippen LogP) is 2.13. The van der Waals surface area contributed by atoms with Gasteiger partial charge in [0.05, 0.1) is 6.54 Å². The molecular formula is C19H23N3O3S. The van der Waals surface area contributed by atoms with Crippen molar-refractivity contribution >= 4 is 10.0 Å². The fourth-order valence-electron chi connectivity index (χ4n) is 3.77. The number of likely N-dealkylation sites (N-methyl/N-ethyl adjacent to an activating group) is 1. The Bertz CT molecular complexity index is 878. The van der Waals surface area contributed by atoms with Gasteiger partial charge in [0.15, 0.2) is 0 Å². The zero-order valence-corrected chi connectivity index (χ0v) is 15.7. The van der Waals surface area contributed by atoms with E-state index in [2.05, 4.69) is 34.1 Å². The lowest BCUT2D eigenvalue weighted by molar-refractivity contribution is -0.0120. The second-order valence-corrected chi connectivity index (χ2v) is 9.13. The van der Waals surface area contributed by atoms with Gasteiger partial charge in [0, 0.05) is 45.7 Å². The molecule has 0 radical (unpaired) electrons. The van der Waals surface area contributed by atoms with Crippen LogP contribution in [0.4, 0.5) is 0 Å². The summed E-state index contributed by atoms with van der Waals surface area (Å²) in [6.07, 6.45) is 3.13. The van der Waals surface area contributed by atoms with E-state index in [0.717, 1.165) is 32.5 Å². The normalized spacial score (nSPS) is 22.3. The highest BCUT2D eigenvalue weighted by Gasteiger charge is 2.44. The lowest BCUT2D eigenvalue weighted by Crippen LogP contribution is -2.53. The molecule has 1 saturated heterocycles. The molecular weight excluding hydrogens is 350 g/mol. The van der Waals surface area contributed by atoms with E-state index in [1.54, 1.807) is 25.4 Å². The topological polar surface area (TPSA) is 62.7 Å². The summed E-state index contributed by atoms with van der Waals surface area (Å²) in [5.41, 5.74) is 0.770. The van der Waals surface area contributed by atoms with E-state index in [1.807, 2.05) is 6.07 Å². The fraction of sp³-hybridized carbons (Fsp3) is 0.421. The summed E-state index contributed by atoms with van der Waals surface area (Å²) in [6, 6.07) is 13.6. The van der Waals surface area contributed by atoms with Crippen molar-refractivity contribution in [1.82, 2.24) is 14.2 Å². The average Bonchev–Trinajstić information content (AvgIpc) is 2.72. The smallest absolute Gasteiger partial charge is 0.248 e. The van der Waals surface area contributed by atoms with Gasteiger partial charge < -0.3 is 4.74 Å². The fourth-order valence-corrected chi connectivity index (χ4v) is 5.07. The number of likely N-dealkylation sites (tertiary alicyclic amines) is 1. The maximum Gasteiger partial charge on any atom is 0.248 e. The lowest BCUT2D eigenvalue weighted by Gasteiger charge is -2.41. The van der Waals surface area contributed by atoms with E-state index in [4.69, 9.17) is 4.74 Å². The number of benzene rings is 1. The van der Waals surface area contributed by atoms with Crippen LogP contribution in [0.5, 0.6) is 5.88 Å². The standard InChI is InChI=1S/C19H23N3O3S/c1-21-15-19(25-18-17(26(21,23)24)8-5-11-20-18)9-12-22(13-10-19)14-16-6-3-2-4-7-16/h2-8,11H,9-10,12-15H2,1H3. The molecule has 6 nitrogen and oxygen atoms in total. The number of aromatic nitrogens is 1. The first kappa shape index (κ1) is 17.5. The van der Waals surface area contributed by atoms with Crippen molar-refractivity contribution in [3.63, 3.8) is 0 Å². The Kier molecular flexibility index (Phi) is 4.46. The molecule has 0 saturated carbocycles. The summed E-state index contributed by atoms with van der Waals surface area (Å²) in [6.45, 7) is 2.99. The summed E-state index contributed by atoms with van der Waals surface area (Å²) in [5, 5.41) is 0. The number of hydrogen-bond donors (Lipinski definition) is 0. The molecule has 1 aromatic heterocycles. The Morgan fingerprint density at radius 3 is 2.58 bits per heavy atom. The van der Waals surface area contributed by atoms with Crippen LogP contribution in [0.15, 0.2) is 53.6 Å². The zero-order chi connectivity index (χ0) is 18.2. The molecule has 0 atom stereocenters. The van der Waals surface area contributed by atoms with Crippen LogP contribution in [0.25, 0.3) is 0 Å². The van der Waals surface area contributed by atoms with E-state index < -0.39 is 15.6 Å². The third-order valence-corrected chi connectivity index (χ3v) is 7.08. The minimum absolute atomic E-state index is 0.158. The largest absolute Gasteiger partial charge is 0.469 e. The Balaban J connectivity index is 1.54. The van der Waals surface area contributed by atoms with Crippen molar-refractivity contribution in [3.8, 4) is 5.88 Å². The molecule has 2 aliphatic rings. The maximum atomic E-state index is 12.8. The Morgan fingerprint density at radius 2 is 1.85 bits per heavy atom. The van der Waals surface area contributed by atoms with Crippen LogP contribution in [0.2, 0.25) is 0 Å². The number of hydrogen-bond acceptors (Lipinski definition) is 5. The van der Waals surface area contributed by atoms with Crippen molar-refractivity contribution in [2.75, 3.05) is 26.7 Å². The van der Waals surface area contributed by atoms with Crippen LogP contribution in [0, 0.1) is 0 Å². The molecule has 0 N–H and O–H groups in total. The second kappa shape index (κ2) is 6.64. The van der Waals surface area contributed by atoms with Crippen LogP contribution in [-0.4, -0.2) is 54.9 Å². The first-order valence-electron chi connectivity index (χ1n) is 8.85. The second-order valence-electron chi connectivity index (χ2n) is 7.11. The Hall–Kier alpha value is -1.96. The monoisotopic (exact) mass is 373 g/mol. The van der Waals surface area contributed by atoms with Crippen molar-refractivity contribution in [3.05, 3.63) is 54.2 Å². The minimum Gasteiger partial charge on any atom is -0.469 e. The number of rotatable bonds is 2. The quantitative estimate of drug-likeness (QED) is 0.807. The first-order chi connectivity index (χ1) is 12.5. The molecule has 0 unspecified atom stereocenters. The van der Waals surface area contributed by atoms with Gasteiger partial charge in [-0.05, 0) is 17.7 Å². The predicted molar refractivity (Wildman–Crippen MR) is 98.4 cm³/mol. The van der Waals surface area contributed by atoms with Crippen molar-refractivity contribution in [2.45, 2.75) is 29.9 Å². The van der Waals surface area contributed by atoms with Crippen molar-refractivity contribution in [1.29, 1.82) is 0 Å². The third kappa shape index (κ3) is 3.22. The number of pyridine rings is 1. The van der Waals surface area contributed by atoms with Crippen LogP contribution >= 0.6 is 0 Å². The summed E-state index contributed by atoms with van der Waals surface area (Å²) in [4.78, 5) is 6.75. The molecule has 26 heavy (non-hydrogen) atoms. The number of sulfonamides is 1. The van der Waals surface area contributed by atoms with Crippen LogP contribution < -0.4 is 4.74 Å². The lowest BCUT2D eigenvalue weighted by atomic mass is 9.90. The Labute approximate surface area is 154 Å². The van der Waals surface area contributed by atoms with Crippen LogP contribution in [0.1, 0.15) is 18.4 Å². The number of nitrogens with zero attached hydrogens (tertiary/aromatic N) is 3. The summed E-state index contributed by atoms with van der Waals surface area (Å²) in [7, 11) is -1.94. The van der Waals surface area contributed by atoms with Crippen molar-refractivity contribution in [2.24, 2.45) is 0 Å². The highest BCUT2D eigenvalue weighted by atomic mass is 32.2. The van der Waals surface area contributed by atoms with Crippen LogP contribution in [0.3, 0.4) is 0 Å². The van der Waals surface area contributed by atoms with Crippen LogP contribution in [-0.2, 0) is 16.6 Å². The highest BCUT2D eigenvalue weighted by molar-refractivity contribution is 7.89. The molecule has 4 rings (SSSR count). The highest BCUT2D eigenvalue weighted by Crippen LogP contribution is 2.37. The van der Waals surface area contributed by atoms with E-state index in [-0.39, 0.29) is 10.8 Å². The van der Waals surface area contributed by atoms with Gasteiger partial charge in [0.25, 0.3) is 0 Å². The third-order valence-electron chi connectivity index (χ3n) is 5.26. The van der Waals surface area contributed by atoms with Gasteiger partial charge in [0.2, 0.25) is 15.9 Å². The number of ether oxygens (including phenoxy) is 1. The minimum atomic E-state index is -3.56. The van der Waals surface area contributed by atoms with E-state index in [9.17, 15) is 8.42 Å². The molecule has 0 aliphatic carbocycles. The molecule has 3 heterocycles. The summed E-state index contributed by atoms with van der Waals surface area (Å²) < 4.78 is 33.1. The van der Waals surface area contributed by atoms with Crippen molar-refractivity contribution < 1.29 is 13.2 Å². The number of fused-ring (bicyclic) bond motifs is 1. The molecule has 1 aromatic carbocycles. The van der Waals surface area contributed by atoms with Gasteiger partial charge in [0.1, 0.15) is 10.5 Å². The molecule has 2 aliphatic heterocycles. The summed E-state index contributed by atoms with van der Waals surface area (Å²) in [5.74, 6) is 0.230.